The molecule has 0 unspecified atom stereocenters. The Morgan fingerprint density at radius 1 is 0.610 bits per heavy atom. The van der Waals surface area contributed by atoms with Gasteiger partial charge in [-0.1, -0.05) is 35.4 Å². The molecule has 0 saturated carbocycles. The Bertz CT molecular complexity index is 3720. The first kappa shape index (κ1) is 99.2. The van der Waals surface area contributed by atoms with Crippen LogP contribution in [0.5, 0.6) is 0 Å². The van der Waals surface area contributed by atoms with Gasteiger partial charge in [0.05, 0.1) is 31.3 Å². The first-order chi connectivity index (χ1) is 56.0. The summed E-state index contributed by atoms with van der Waals surface area (Å²) in [4.78, 5) is 247. The Hall–Kier alpha value is -11.2. The van der Waals surface area contributed by atoms with Crippen molar-refractivity contribution in [1.82, 2.24) is 99.3 Å². The quantitative estimate of drug-likeness (QED) is 0.0128. The van der Waals surface area contributed by atoms with Gasteiger partial charge in [0.2, 0.25) is 82.7 Å². The van der Waals surface area contributed by atoms with Crippen LogP contribution in [-0.4, -0.2) is 290 Å². The summed E-state index contributed by atoms with van der Waals surface area (Å²) in [5.74, 6) is -16.9. The molecule has 0 aliphatic carbocycles. The highest BCUT2D eigenvalue weighted by molar-refractivity contribution is 8.76. The molecule has 4 heterocycles. The van der Waals surface area contributed by atoms with Crippen LogP contribution in [0.1, 0.15) is 129 Å². The number of amides is 16. The minimum Gasteiger partial charge on any atom is -0.480 e. The highest BCUT2D eigenvalue weighted by Gasteiger charge is 2.42. The highest BCUT2D eigenvalue weighted by atomic mass is 33.1. The van der Waals surface area contributed by atoms with Gasteiger partial charge in [-0.3, -0.25) is 81.9 Å². The molecule has 14 atom stereocenters. The van der Waals surface area contributed by atoms with E-state index in [4.69, 9.17) is 45.9 Å². The number of nitrogens with zero attached hydrogens (tertiary/aromatic N) is 5. The average molecular weight is 1710 g/mol. The van der Waals surface area contributed by atoms with Gasteiger partial charge in [0.15, 0.2) is 11.9 Å². The Morgan fingerprint density at radius 2 is 1.19 bits per heavy atom. The second-order valence-electron chi connectivity index (χ2n) is 28.4. The summed E-state index contributed by atoms with van der Waals surface area (Å²) in [6.45, 7) is 4.02. The maximum Gasteiger partial charge on any atom is 0.322 e. The Kier molecular flexibility index (Phi) is 44.1. The van der Waals surface area contributed by atoms with Crippen molar-refractivity contribution in [3.05, 3.63) is 36.4 Å². The zero-order chi connectivity index (χ0) is 87.6. The molecule has 34 N–H and O–H groups in total. The maximum absolute atomic E-state index is 15.3. The van der Waals surface area contributed by atoms with Gasteiger partial charge in [0.25, 0.3) is 0 Å². The number of hydrogen-bond donors (Lipinski definition) is 26. The van der Waals surface area contributed by atoms with Gasteiger partial charge in [0.1, 0.15) is 79.0 Å². The molecule has 0 spiro atoms. The lowest BCUT2D eigenvalue weighted by molar-refractivity contribution is -0.143. The lowest BCUT2D eigenvalue weighted by Gasteiger charge is -2.31. The van der Waals surface area contributed by atoms with Gasteiger partial charge in [0, 0.05) is 74.3 Å². The number of guanidine groups is 2. The molecule has 2 aromatic heterocycles. The van der Waals surface area contributed by atoms with Crippen LogP contribution in [0.2, 0.25) is 0 Å². The van der Waals surface area contributed by atoms with Crippen LogP contribution in [-0.2, 0) is 84.8 Å². The molecule has 118 heavy (non-hydrogen) atoms. The van der Waals surface area contributed by atoms with Gasteiger partial charge >= 0.3 is 12.0 Å². The van der Waals surface area contributed by atoms with Gasteiger partial charge in [-0.25, -0.2) is 14.8 Å². The van der Waals surface area contributed by atoms with Crippen molar-refractivity contribution in [1.29, 1.82) is 0 Å². The minimum absolute atomic E-state index is 0.00184. The summed E-state index contributed by atoms with van der Waals surface area (Å²) in [7, 11) is 1.65. The molecule has 49 heteroatoms. The van der Waals surface area contributed by atoms with Crippen molar-refractivity contribution in [3.63, 3.8) is 0 Å². The van der Waals surface area contributed by atoms with Gasteiger partial charge < -0.3 is 145 Å². The topological polar surface area (TPSA) is 775 Å². The molecule has 658 valence electrons. The fraction of sp³-hybridized carbons (Fsp3) is 0.652. The third-order valence-corrected chi connectivity index (χ3v) is 20.8. The van der Waals surface area contributed by atoms with E-state index >= 15 is 14.4 Å². The van der Waals surface area contributed by atoms with Crippen molar-refractivity contribution < 1.29 is 86.9 Å². The van der Waals surface area contributed by atoms with Crippen molar-refractivity contribution in [2.45, 2.75) is 215 Å². The van der Waals surface area contributed by atoms with E-state index in [0.717, 1.165) is 28.5 Å². The summed E-state index contributed by atoms with van der Waals surface area (Å²) in [6.07, 6.45) is 3.97. The number of aromatic amines is 2. The van der Waals surface area contributed by atoms with Crippen LogP contribution < -0.4 is 120 Å². The third-order valence-electron chi connectivity index (χ3n) is 18.4. The maximum atomic E-state index is 15.3. The van der Waals surface area contributed by atoms with E-state index in [1.54, 1.807) is 13.8 Å². The number of urea groups is 1. The number of aliphatic hydroxyl groups excluding tert-OH is 1. The number of rotatable bonds is 38. The van der Waals surface area contributed by atoms with Crippen LogP contribution in [0.25, 0.3) is 0 Å². The first-order valence-corrected chi connectivity index (χ1v) is 41.1. The summed E-state index contributed by atoms with van der Waals surface area (Å²) >= 11 is 0. The summed E-state index contributed by atoms with van der Waals surface area (Å²) in [5.41, 5.74) is 46.4. The van der Waals surface area contributed by atoms with E-state index in [0.29, 0.717) is 24.2 Å². The molecule has 16 amide bonds. The van der Waals surface area contributed by atoms with Crippen LogP contribution in [0.3, 0.4) is 0 Å². The van der Waals surface area contributed by atoms with Crippen LogP contribution in [0, 0.1) is 5.92 Å². The van der Waals surface area contributed by atoms with Crippen LogP contribution in [0.15, 0.2) is 35.0 Å². The second-order valence-corrected chi connectivity index (χ2v) is 30.9. The number of H-pyrrole nitrogens is 2. The predicted molar refractivity (Wildman–Crippen MR) is 432 cm³/mol. The summed E-state index contributed by atoms with van der Waals surface area (Å²) in [5, 5.41) is 56.0. The summed E-state index contributed by atoms with van der Waals surface area (Å²) in [6, 6.07) is -20.6. The normalized spacial score (nSPS) is 21.7. The molecule has 2 aromatic rings. The largest absolute Gasteiger partial charge is 0.480 e. The lowest BCUT2D eigenvalue weighted by Crippen LogP contribution is -2.61. The Morgan fingerprint density at radius 3 is 1.78 bits per heavy atom. The van der Waals surface area contributed by atoms with Crippen LogP contribution in [0.4, 0.5) is 4.79 Å². The SMILES string of the molecule is CC(C)[C@H](NC(=O)[C@@H]1CCCN1C(=O)[C@H](CCCN=C(N)N)NC(=O)[C@@H]1CSSC[C@H](NC(=O)[C@@H](N)Cc2cnc[nH]2)C(=O)N[C@@H]([C@@H](C)O)C(=O)N[C@@H](CCCCN)C(=O)N[C@@H](CCCN=C(N)N)C(=O)NCC(=O)N[C@@H](Cc2cnc[nH]2)C(=O)N[C@@H](C)C(=O)N[C@@H](CCCCN)C(=O)N1)C(=O)N[C@@H](CCCNC(N)=O)C(=O)NCC(=O)O. The van der Waals surface area contributed by atoms with E-state index < -0.39 is 210 Å². The number of nitrogens with two attached hydrogens (primary N) is 8. The third kappa shape index (κ3) is 36.1. The van der Waals surface area contributed by atoms with Crippen molar-refractivity contribution in [3.8, 4) is 0 Å². The van der Waals surface area contributed by atoms with Gasteiger partial charge in [-0.05, 0) is 123 Å². The molecule has 0 aromatic carbocycles. The fourth-order valence-corrected chi connectivity index (χ4v) is 14.4. The van der Waals surface area contributed by atoms with E-state index in [1.807, 2.05) is 0 Å². The number of hydrogen-bond acceptors (Lipinski definition) is 26. The first-order valence-electron chi connectivity index (χ1n) is 38.6. The minimum atomic E-state index is -1.89. The van der Waals surface area contributed by atoms with E-state index in [9.17, 15) is 72.5 Å². The zero-order valence-corrected chi connectivity index (χ0v) is 68.1. The molecule has 4 rings (SSSR count). The molecular formula is C69H117N29O18S2. The lowest BCUT2D eigenvalue weighted by atomic mass is 10.0. The molecule has 2 fully saturated rings. The predicted octanol–water partition coefficient (Wildman–Crippen LogP) is -9.85. The summed E-state index contributed by atoms with van der Waals surface area (Å²) < 4.78 is 0. The number of aliphatic carboxylic acids is 1. The van der Waals surface area contributed by atoms with E-state index in [2.05, 4.69) is 104 Å². The molecule has 0 bridgehead atoms. The fourth-order valence-electron chi connectivity index (χ4n) is 12.1. The molecule has 0 radical (unpaired) electrons. The van der Waals surface area contributed by atoms with Crippen molar-refractivity contribution in [2.24, 2.45) is 61.8 Å². The number of carboxylic acid groups (broad SMARTS) is 1. The molecule has 2 saturated heterocycles. The number of nitrogens with one attached hydrogen (secondary N) is 16. The number of aromatic nitrogens is 4. The van der Waals surface area contributed by atoms with Crippen molar-refractivity contribution >= 4 is 128 Å². The number of aliphatic hydroxyl groups is 1. The number of likely N-dealkylation sites (tertiary alicyclic amines) is 1. The number of primary amides is 1. The number of unbranched alkanes of at least 4 members (excludes halogenated alkanes) is 2. The number of imidazole rings is 2. The molecule has 2 aliphatic rings. The van der Waals surface area contributed by atoms with Crippen LogP contribution >= 0.6 is 21.6 Å². The van der Waals surface area contributed by atoms with E-state index in [1.165, 1.54) is 36.9 Å². The highest BCUT2D eigenvalue weighted by Crippen LogP contribution is 2.25. The molecular weight excluding hydrogens is 1590 g/mol. The average Bonchev–Trinajstić information content (AvgIpc) is 1.62. The number of carbonyl (C=O) groups excluding carboxylic acids is 15. The Balaban J connectivity index is 1.86. The Labute approximate surface area is 688 Å². The van der Waals surface area contributed by atoms with E-state index in [-0.39, 0.29) is 141 Å². The van der Waals surface area contributed by atoms with Crippen molar-refractivity contribution in [2.75, 3.05) is 63.9 Å². The monoisotopic (exact) mass is 1700 g/mol. The zero-order valence-electron chi connectivity index (χ0n) is 66.5. The molecule has 47 nitrogen and oxygen atoms in total. The van der Waals surface area contributed by atoms with Gasteiger partial charge in [-0.15, -0.1) is 0 Å². The number of aliphatic imine (C=N–C) groups is 2. The molecule has 2 aliphatic heterocycles. The second kappa shape index (κ2) is 52.5. The number of carboxylic acids is 1. The standard InChI is InChI=1S/C69H117N29O18S2/c1-35(2)52(64(113)91-42(16-10-23-82-69(77)116)57(106)84-30-51(101)102)96-63(112)49-18-12-24-98(49)66(115)45(17-11-22-81-68(75)76)93-61(110)47-31-117-118-32-48(94-55(104)40(72)25-38-27-78-33-85-38)62(111)97-53(37(4)99)65(114)92-44(14-6-8-20-71)58(107)90-41(15-9-21-80-67(73)74)56(105)83-29-50(100)88-46(26-39-28-79-34-86-39)60(109)87-36(3)54(103)89-43(59(108)95-47)13-5-7-19-70/h27-28,33-37,40-49,52-53,99H,5-26,29-32,70-72H2,1-4H3,(H,78,85)(H,79,86)(H,83,105)(H,84,106)(H,87,109)(H,88,100)(H,89,103)(H,90,107)(H,91,113)(H,92,114)(H,93,110)(H,94,104)(H,95,108)(H,96,112)(H,97,111)(H,101,102)(H4,73,74,80)(H4,75,76,81)(H3,77,82,116)/t36-,37+,40-,41-,42-,43-,44-,45-,46-,47-,48-,49-,52-,53-/m0/s1. The van der Waals surface area contributed by atoms with Gasteiger partial charge in [-0.2, -0.15) is 0 Å². The number of carbonyl (C=O) groups is 16. The smallest absolute Gasteiger partial charge is 0.322 e.